The highest BCUT2D eigenvalue weighted by molar-refractivity contribution is 6.76. The van der Waals surface area contributed by atoms with Gasteiger partial charge in [0.25, 0.3) is 0 Å². The van der Waals surface area contributed by atoms with Gasteiger partial charge in [-0.1, -0.05) is 58.1 Å². The summed E-state index contributed by atoms with van der Waals surface area (Å²) in [6.45, 7) is 19.3. The fraction of sp³-hybridized carbons (Fsp3) is 0.600. The van der Waals surface area contributed by atoms with Gasteiger partial charge in [0, 0.05) is 44.8 Å². The SMILES string of the molecule is COC(=O)c1c(CCCO[Si](C)(C)C(C)(C)C)c2ccc(Cl)c(-c3c(CO)cnn3C)c2n1COCC[Si](C)(C)C. The Morgan fingerprint density at radius 3 is 2.39 bits per heavy atom. The zero-order valence-corrected chi connectivity index (χ0v) is 29.2. The molecule has 0 fully saturated rings. The van der Waals surface area contributed by atoms with Crippen molar-refractivity contribution in [2.45, 2.75) is 90.8 Å². The standard InChI is InChI=1S/C30H48ClN3O5Si2/c1-30(2,3)41(9,10)39-15-11-12-22-23-13-14-24(31)25(26-21(19-35)18-32-33(26)4)27(23)34(28(22)29(36)37-5)20-38-16-17-40(6,7)8/h13-14,18,35H,11-12,15-17,19-20H2,1-10H3. The molecule has 0 aliphatic heterocycles. The Kier molecular flexibility index (Phi) is 10.7. The molecule has 3 aromatic rings. The van der Waals surface area contributed by atoms with Crippen LogP contribution in [0.3, 0.4) is 0 Å². The lowest BCUT2D eigenvalue weighted by Gasteiger charge is -2.36. The van der Waals surface area contributed by atoms with Crippen LogP contribution in [0.1, 0.15) is 48.8 Å². The van der Waals surface area contributed by atoms with E-state index in [0.717, 1.165) is 28.9 Å². The summed E-state index contributed by atoms with van der Waals surface area (Å²) < 4.78 is 21.6. The molecule has 0 aliphatic rings. The quantitative estimate of drug-likeness (QED) is 0.123. The summed E-state index contributed by atoms with van der Waals surface area (Å²) in [4.78, 5) is 13.4. The van der Waals surface area contributed by atoms with Crippen LogP contribution >= 0.6 is 11.6 Å². The third-order valence-electron chi connectivity index (χ3n) is 8.14. The first-order chi connectivity index (χ1) is 19.0. The lowest BCUT2D eigenvalue weighted by Crippen LogP contribution is -2.41. The highest BCUT2D eigenvalue weighted by Crippen LogP contribution is 2.41. The van der Waals surface area contributed by atoms with Crippen molar-refractivity contribution in [2.75, 3.05) is 20.3 Å². The molecule has 0 spiro atoms. The number of ether oxygens (including phenoxy) is 2. The number of benzene rings is 1. The maximum atomic E-state index is 13.4. The van der Waals surface area contributed by atoms with E-state index in [9.17, 15) is 9.90 Å². The molecule has 0 bridgehead atoms. The Balaban J connectivity index is 2.17. The van der Waals surface area contributed by atoms with Crippen molar-refractivity contribution in [2.24, 2.45) is 7.05 Å². The number of carbonyl (C=O) groups excluding carboxylic acids is 1. The predicted molar refractivity (Wildman–Crippen MR) is 172 cm³/mol. The van der Waals surface area contributed by atoms with E-state index in [1.165, 1.54) is 7.11 Å². The lowest BCUT2D eigenvalue weighted by molar-refractivity contribution is 0.0544. The van der Waals surface area contributed by atoms with Crippen LogP contribution < -0.4 is 0 Å². The molecule has 0 saturated carbocycles. The highest BCUT2D eigenvalue weighted by atomic mass is 35.5. The molecule has 0 atom stereocenters. The number of aliphatic hydroxyl groups is 1. The number of hydrogen-bond donors (Lipinski definition) is 1. The van der Waals surface area contributed by atoms with Gasteiger partial charge in [0.2, 0.25) is 0 Å². The first kappa shape index (κ1) is 33.5. The minimum atomic E-state index is -1.91. The van der Waals surface area contributed by atoms with Crippen molar-refractivity contribution in [1.29, 1.82) is 0 Å². The topological polar surface area (TPSA) is 87.7 Å². The number of fused-ring (bicyclic) bond motifs is 1. The van der Waals surface area contributed by atoms with Crippen LogP contribution in [0, 0.1) is 0 Å². The van der Waals surface area contributed by atoms with Gasteiger partial charge in [-0.3, -0.25) is 4.68 Å². The van der Waals surface area contributed by atoms with Crippen molar-refractivity contribution >= 4 is 44.9 Å². The molecular formula is C30H48ClN3O5Si2. The second kappa shape index (κ2) is 13.1. The van der Waals surface area contributed by atoms with Gasteiger partial charge < -0.3 is 23.6 Å². The summed E-state index contributed by atoms with van der Waals surface area (Å²) >= 11 is 6.88. The van der Waals surface area contributed by atoms with Gasteiger partial charge in [-0.2, -0.15) is 5.10 Å². The smallest absolute Gasteiger partial charge is 0.355 e. The molecule has 0 amide bonds. The Morgan fingerprint density at radius 1 is 1.12 bits per heavy atom. The van der Waals surface area contributed by atoms with Crippen LogP contribution in [-0.2, 0) is 40.7 Å². The molecule has 8 nitrogen and oxygen atoms in total. The molecule has 0 saturated heterocycles. The number of esters is 1. The molecule has 0 aliphatic carbocycles. The molecule has 0 unspecified atom stereocenters. The van der Waals surface area contributed by atoms with Gasteiger partial charge >= 0.3 is 5.97 Å². The van der Waals surface area contributed by atoms with E-state index < -0.39 is 22.4 Å². The van der Waals surface area contributed by atoms with Crippen LogP contribution in [0.5, 0.6) is 0 Å². The van der Waals surface area contributed by atoms with E-state index in [0.29, 0.717) is 47.2 Å². The summed E-state index contributed by atoms with van der Waals surface area (Å²) in [7, 11) is 0.000875. The summed E-state index contributed by atoms with van der Waals surface area (Å²) in [5, 5.41) is 16.0. The lowest BCUT2D eigenvalue weighted by atomic mass is 10.0. The molecule has 2 heterocycles. The molecule has 228 valence electrons. The minimum Gasteiger partial charge on any atom is -0.464 e. The number of carbonyl (C=O) groups is 1. The number of aromatic nitrogens is 3. The number of aliphatic hydroxyl groups excluding tert-OH is 1. The number of nitrogens with zero attached hydrogens (tertiary/aromatic N) is 3. The summed E-state index contributed by atoms with van der Waals surface area (Å²) in [6.07, 6.45) is 3.01. The molecule has 1 N–H and O–H groups in total. The number of rotatable bonds is 13. The summed E-state index contributed by atoms with van der Waals surface area (Å²) in [5.74, 6) is -0.426. The second-order valence-corrected chi connectivity index (χ2v) is 24.3. The number of aryl methyl sites for hydroxylation is 2. The van der Waals surface area contributed by atoms with E-state index in [1.807, 2.05) is 23.7 Å². The summed E-state index contributed by atoms with van der Waals surface area (Å²) in [5.41, 5.74) is 4.16. The maximum Gasteiger partial charge on any atom is 0.355 e. The molecule has 0 radical (unpaired) electrons. The monoisotopic (exact) mass is 621 g/mol. The number of halogens is 1. The maximum absolute atomic E-state index is 13.4. The van der Waals surface area contributed by atoms with Gasteiger partial charge in [0.1, 0.15) is 12.4 Å². The average Bonchev–Trinajstić information content (AvgIpc) is 3.40. The van der Waals surface area contributed by atoms with Crippen LogP contribution in [0.25, 0.3) is 22.2 Å². The van der Waals surface area contributed by atoms with Gasteiger partial charge in [0.05, 0.1) is 36.1 Å². The van der Waals surface area contributed by atoms with Gasteiger partial charge in [-0.25, -0.2) is 4.79 Å². The Labute approximate surface area is 252 Å². The molecule has 41 heavy (non-hydrogen) atoms. The van der Waals surface area contributed by atoms with Crippen LogP contribution in [0.2, 0.25) is 48.8 Å². The van der Waals surface area contributed by atoms with Gasteiger partial charge in [-0.05, 0) is 48.6 Å². The van der Waals surface area contributed by atoms with Crippen molar-refractivity contribution in [1.82, 2.24) is 14.3 Å². The molecule has 3 rings (SSSR count). The Morgan fingerprint density at radius 2 is 1.80 bits per heavy atom. The third-order valence-corrected chi connectivity index (χ3v) is 14.7. The molecule has 1 aromatic carbocycles. The molecule has 11 heteroatoms. The van der Waals surface area contributed by atoms with Crippen molar-refractivity contribution in [3.8, 4) is 11.3 Å². The van der Waals surface area contributed by atoms with Crippen LogP contribution in [-0.4, -0.2) is 62.1 Å². The first-order valence-electron chi connectivity index (χ1n) is 14.3. The fourth-order valence-electron chi connectivity index (χ4n) is 4.68. The van der Waals surface area contributed by atoms with E-state index in [1.54, 1.807) is 10.9 Å². The summed E-state index contributed by atoms with van der Waals surface area (Å²) in [6, 6.07) is 4.81. The fourth-order valence-corrected chi connectivity index (χ4v) is 6.76. The Hall–Kier alpha value is -1.96. The normalized spacial score (nSPS) is 12.9. The van der Waals surface area contributed by atoms with Crippen LogP contribution in [0.15, 0.2) is 18.3 Å². The second-order valence-electron chi connectivity index (χ2n) is 13.4. The van der Waals surface area contributed by atoms with Gasteiger partial charge in [-0.15, -0.1) is 0 Å². The highest BCUT2D eigenvalue weighted by Gasteiger charge is 2.37. The minimum absolute atomic E-state index is 0.118. The first-order valence-corrected chi connectivity index (χ1v) is 21.3. The third kappa shape index (κ3) is 7.52. The number of hydrogen-bond acceptors (Lipinski definition) is 6. The van der Waals surface area contributed by atoms with E-state index >= 15 is 0 Å². The van der Waals surface area contributed by atoms with E-state index in [2.05, 4.69) is 58.6 Å². The van der Waals surface area contributed by atoms with Crippen molar-refractivity contribution < 1.29 is 23.8 Å². The zero-order valence-electron chi connectivity index (χ0n) is 26.5. The van der Waals surface area contributed by atoms with Crippen molar-refractivity contribution in [3.63, 3.8) is 0 Å². The molecular weight excluding hydrogens is 574 g/mol. The number of methoxy groups -OCH3 is 1. The Bertz CT molecular complexity index is 1370. The van der Waals surface area contributed by atoms with Crippen molar-refractivity contribution in [3.05, 3.63) is 40.2 Å². The van der Waals surface area contributed by atoms with Gasteiger partial charge in [0.15, 0.2) is 8.32 Å². The molecule has 2 aromatic heterocycles. The largest absolute Gasteiger partial charge is 0.464 e. The van der Waals surface area contributed by atoms with E-state index in [-0.39, 0.29) is 18.4 Å². The zero-order chi connectivity index (χ0) is 30.8. The van der Waals surface area contributed by atoms with E-state index in [4.69, 9.17) is 25.5 Å². The van der Waals surface area contributed by atoms with Crippen LogP contribution in [0.4, 0.5) is 0 Å². The predicted octanol–water partition coefficient (Wildman–Crippen LogP) is 7.24. The average molecular weight is 622 g/mol.